The van der Waals surface area contributed by atoms with Crippen molar-refractivity contribution < 1.29 is 14.3 Å². The molecule has 0 bridgehead atoms. The van der Waals surface area contributed by atoms with E-state index >= 15 is 0 Å². The van der Waals surface area contributed by atoms with E-state index in [1.165, 1.54) is 12.1 Å². The SMILES string of the molecule is O=C(N[C@@H]1CCCC[C@@H]1O)c1ccc2c(-c3ccccc3Cl)nn(-c3ccc(F)cc3)c2c1. The molecule has 2 atom stereocenters. The van der Waals surface area contributed by atoms with Gasteiger partial charge < -0.3 is 10.4 Å². The molecule has 1 aliphatic rings. The van der Waals surface area contributed by atoms with Crippen LogP contribution in [0.2, 0.25) is 5.02 Å². The first-order valence-corrected chi connectivity index (χ1v) is 11.4. The highest BCUT2D eigenvalue weighted by molar-refractivity contribution is 6.33. The Labute approximate surface area is 195 Å². The van der Waals surface area contributed by atoms with Crippen molar-refractivity contribution in [1.82, 2.24) is 15.1 Å². The summed E-state index contributed by atoms with van der Waals surface area (Å²) in [6.45, 7) is 0. The third kappa shape index (κ3) is 4.24. The fourth-order valence-corrected chi connectivity index (χ4v) is 4.64. The van der Waals surface area contributed by atoms with Crippen LogP contribution in [0.5, 0.6) is 0 Å². The lowest BCUT2D eigenvalue weighted by Gasteiger charge is -2.28. The predicted molar refractivity (Wildman–Crippen MR) is 127 cm³/mol. The normalized spacial score (nSPS) is 18.4. The third-order valence-corrected chi connectivity index (χ3v) is 6.52. The van der Waals surface area contributed by atoms with Crippen molar-refractivity contribution in [3.63, 3.8) is 0 Å². The van der Waals surface area contributed by atoms with Gasteiger partial charge in [0.15, 0.2) is 0 Å². The Balaban J connectivity index is 1.60. The molecular formula is C26H23ClFN3O2. The molecule has 5 nitrogen and oxygen atoms in total. The number of halogens is 2. The molecule has 1 saturated carbocycles. The monoisotopic (exact) mass is 463 g/mol. The summed E-state index contributed by atoms with van der Waals surface area (Å²) in [5.41, 5.74) is 3.28. The van der Waals surface area contributed by atoms with Gasteiger partial charge in [-0.05, 0) is 61.4 Å². The molecule has 168 valence electrons. The average molecular weight is 464 g/mol. The van der Waals surface area contributed by atoms with Crippen molar-refractivity contribution in [2.75, 3.05) is 0 Å². The average Bonchev–Trinajstić information content (AvgIpc) is 3.20. The second kappa shape index (κ2) is 8.96. The molecule has 2 N–H and O–H groups in total. The molecular weight excluding hydrogens is 441 g/mol. The summed E-state index contributed by atoms with van der Waals surface area (Å²) in [6, 6.07) is 18.6. The van der Waals surface area contributed by atoms with E-state index in [1.54, 1.807) is 35.0 Å². The smallest absolute Gasteiger partial charge is 0.251 e. The number of fused-ring (bicyclic) bond motifs is 1. The minimum Gasteiger partial charge on any atom is -0.391 e. The van der Waals surface area contributed by atoms with Gasteiger partial charge >= 0.3 is 0 Å². The molecule has 0 aliphatic heterocycles. The number of aliphatic hydroxyl groups excluding tert-OH is 1. The molecule has 0 spiro atoms. The molecule has 0 unspecified atom stereocenters. The van der Waals surface area contributed by atoms with E-state index in [2.05, 4.69) is 5.32 Å². The van der Waals surface area contributed by atoms with Crippen LogP contribution < -0.4 is 5.32 Å². The van der Waals surface area contributed by atoms with Gasteiger partial charge in [-0.15, -0.1) is 0 Å². The largest absolute Gasteiger partial charge is 0.391 e. The van der Waals surface area contributed by atoms with Crippen LogP contribution in [0.3, 0.4) is 0 Å². The number of nitrogens with zero attached hydrogens (tertiary/aromatic N) is 2. The molecule has 1 fully saturated rings. The molecule has 3 aromatic carbocycles. The van der Waals surface area contributed by atoms with Gasteiger partial charge in [0.05, 0.1) is 28.4 Å². The van der Waals surface area contributed by atoms with Crippen LogP contribution in [0.4, 0.5) is 4.39 Å². The number of rotatable bonds is 4. The number of amides is 1. The topological polar surface area (TPSA) is 67.2 Å². The number of benzene rings is 3. The van der Waals surface area contributed by atoms with E-state index in [0.717, 1.165) is 30.2 Å². The van der Waals surface area contributed by atoms with Crippen molar-refractivity contribution >= 4 is 28.4 Å². The molecule has 4 aromatic rings. The predicted octanol–water partition coefficient (Wildman–Crippen LogP) is 5.52. The molecule has 1 heterocycles. The number of carbonyl (C=O) groups is 1. The number of nitrogens with one attached hydrogen (secondary N) is 1. The minimum atomic E-state index is -0.525. The number of aliphatic hydroxyl groups is 1. The summed E-state index contributed by atoms with van der Waals surface area (Å²) in [7, 11) is 0. The quantitative estimate of drug-likeness (QED) is 0.419. The summed E-state index contributed by atoms with van der Waals surface area (Å²) in [4.78, 5) is 13.0. The standard InChI is InChI=1S/C26H23ClFN3O2/c27-21-6-2-1-5-19(21)25-20-14-9-16(26(33)29-22-7-3-4-8-24(22)32)15-23(20)31(30-25)18-12-10-17(28)11-13-18/h1-2,5-6,9-15,22,24,32H,3-4,7-8H2,(H,29,33)/t22-,24+/m1/s1. The van der Waals surface area contributed by atoms with Gasteiger partial charge in [-0.1, -0.05) is 42.6 Å². The van der Waals surface area contributed by atoms with Gasteiger partial charge in [-0.3, -0.25) is 4.79 Å². The fourth-order valence-electron chi connectivity index (χ4n) is 4.42. The molecule has 33 heavy (non-hydrogen) atoms. The van der Waals surface area contributed by atoms with Gasteiger partial charge in [0, 0.05) is 16.5 Å². The Morgan fingerprint density at radius 2 is 1.82 bits per heavy atom. The first-order valence-electron chi connectivity index (χ1n) is 11.0. The Morgan fingerprint density at radius 1 is 1.06 bits per heavy atom. The van der Waals surface area contributed by atoms with E-state index in [-0.39, 0.29) is 17.8 Å². The van der Waals surface area contributed by atoms with Crippen molar-refractivity contribution in [3.8, 4) is 16.9 Å². The van der Waals surface area contributed by atoms with E-state index in [4.69, 9.17) is 16.7 Å². The highest BCUT2D eigenvalue weighted by Crippen LogP contribution is 2.34. The van der Waals surface area contributed by atoms with Gasteiger partial charge in [-0.25, -0.2) is 9.07 Å². The number of carbonyl (C=O) groups excluding carboxylic acids is 1. The van der Waals surface area contributed by atoms with Gasteiger partial charge in [0.25, 0.3) is 5.91 Å². The highest BCUT2D eigenvalue weighted by Gasteiger charge is 2.25. The van der Waals surface area contributed by atoms with Crippen molar-refractivity contribution in [2.24, 2.45) is 0 Å². The molecule has 7 heteroatoms. The molecule has 1 aromatic heterocycles. The lowest BCUT2D eigenvalue weighted by Crippen LogP contribution is -2.45. The fraction of sp³-hybridized carbons (Fsp3) is 0.231. The summed E-state index contributed by atoms with van der Waals surface area (Å²) in [6.07, 6.45) is 2.89. The molecule has 1 amide bonds. The molecule has 5 rings (SSSR count). The Hall–Kier alpha value is -3.22. The first kappa shape index (κ1) is 21.6. The summed E-state index contributed by atoms with van der Waals surface area (Å²) in [5, 5.41) is 19.4. The molecule has 0 saturated heterocycles. The zero-order chi connectivity index (χ0) is 22.9. The second-order valence-corrected chi connectivity index (χ2v) is 8.79. The lowest BCUT2D eigenvalue weighted by molar-refractivity contribution is 0.0717. The van der Waals surface area contributed by atoms with Crippen LogP contribution in [0, 0.1) is 5.82 Å². The molecule has 0 radical (unpaired) electrons. The van der Waals surface area contributed by atoms with Crippen LogP contribution in [-0.2, 0) is 0 Å². The highest BCUT2D eigenvalue weighted by atomic mass is 35.5. The maximum atomic E-state index is 13.5. The minimum absolute atomic E-state index is 0.242. The van der Waals surface area contributed by atoms with E-state index in [9.17, 15) is 14.3 Å². The number of hydrogen-bond donors (Lipinski definition) is 2. The number of hydrogen-bond acceptors (Lipinski definition) is 3. The van der Waals surface area contributed by atoms with Crippen LogP contribution >= 0.6 is 11.6 Å². The van der Waals surface area contributed by atoms with Crippen LogP contribution in [0.25, 0.3) is 27.8 Å². The summed E-state index contributed by atoms with van der Waals surface area (Å²) in [5.74, 6) is -0.582. The maximum absolute atomic E-state index is 13.5. The van der Waals surface area contributed by atoms with E-state index in [0.29, 0.717) is 33.9 Å². The van der Waals surface area contributed by atoms with Gasteiger partial charge in [0.2, 0.25) is 0 Å². The van der Waals surface area contributed by atoms with Crippen molar-refractivity contribution in [1.29, 1.82) is 0 Å². The van der Waals surface area contributed by atoms with Crippen LogP contribution in [0.15, 0.2) is 66.7 Å². The summed E-state index contributed by atoms with van der Waals surface area (Å²) < 4.78 is 15.2. The Bertz CT molecular complexity index is 1320. The van der Waals surface area contributed by atoms with Crippen molar-refractivity contribution in [3.05, 3.63) is 83.1 Å². The van der Waals surface area contributed by atoms with Gasteiger partial charge in [-0.2, -0.15) is 5.10 Å². The second-order valence-electron chi connectivity index (χ2n) is 8.38. The lowest BCUT2D eigenvalue weighted by atomic mass is 9.92. The van der Waals surface area contributed by atoms with Crippen LogP contribution in [0.1, 0.15) is 36.0 Å². The molecule has 1 aliphatic carbocycles. The van der Waals surface area contributed by atoms with Crippen molar-refractivity contribution in [2.45, 2.75) is 37.8 Å². The van der Waals surface area contributed by atoms with E-state index in [1.807, 2.05) is 24.3 Å². The zero-order valence-electron chi connectivity index (χ0n) is 17.8. The Kier molecular flexibility index (Phi) is 5.87. The maximum Gasteiger partial charge on any atom is 0.251 e. The first-order chi connectivity index (χ1) is 16.0. The van der Waals surface area contributed by atoms with Gasteiger partial charge in [0.1, 0.15) is 11.5 Å². The number of aromatic nitrogens is 2. The summed E-state index contributed by atoms with van der Waals surface area (Å²) >= 11 is 6.45. The zero-order valence-corrected chi connectivity index (χ0v) is 18.6. The Morgan fingerprint density at radius 3 is 2.58 bits per heavy atom. The third-order valence-electron chi connectivity index (χ3n) is 6.19. The van der Waals surface area contributed by atoms with Crippen LogP contribution in [-0.4, -0.2) is 32.9 Å². The van der Waals surface area contributed by atoms with E-state index < -0.39 is 6.10 Å².